The smallest absolute Gasteiger partial charge is 0.173 e. The molecular formula is C18H23BrN6O. The van der Waals surface area contributed by atoms with Crippen molar-refractivity contribution in [1.29, 1.82) is 0 Å². The standard InChI is InChI=1S/C18H23BrN6O/c1-3-13(9-20-2)22-17-8-16(24-18-14(19)10-21-25(17)18)23-15-7-5-4-6-12(15)11-26/h3,8-10,12,15,22,26H,1-2,4-7,11H2,(H,23,24)/b13-9+. The zero-order valence-corrected chi connectivity index (χ0v) is 16.1. The van der Waals surface area contributed by atoms with Crippen LogP contribution in [0.1, 0.15) is 25.7 Å². The van der Waals surface area contributed by atoms with E-state index >= 15 is 0 Å². The van der Waals surface area contributed by atoms with Gasteiger partial charge in [0, 0.05) is 30.8 Å². The van der Waals surface area contributed by atoms with Gasteiger partial charge in [-0.3, -0.25) is 4.99 Å². The van der Waals surface area contributed by atoms with Crippen LogP contribution in [0.25, 0.3) is 5.65 Å². The molecule has 2 heterocycles. The molecule has 1 aliphatic rings. The van der Waals surface area contributed by atoms with Crippen LogP contribution in [-0.4, -0.2) is 39.1 Å². The number of fused-ring (bicyclic) bond motifs is 1. The molecule has 3 rings (SSSR count). The first-order valence-corrected chi connectivity index (χ1v) is 9.42. The number of hydrogen-bond donors (Lipinski definition) is 3. The van der Waals surface area contributed by atoms with E-state index in [1.165, 1.54) is 6.42 Å². The van der Waals surface area contributed by atoms with Crippen LogP contribution in [0.15, 0.2) is 46.3 Å². The van der Waals surface area contributed by atoms with Crippen LogP contribution in [0.5, 0.6) is 0 Å². The lowest BCUT2D eigenvalue weighted by atomic mass is 9.85. The zero-order chi connectivity index (χ0) is 18.5. The number of aliphatic hydroxyl groups excluding tert-OH is 1. The number of aromatic nitrogens is 3. The summed E-state index contributed by atoms with van der Waals surface area (Å²) < 4.78 is 2.51. The molecule has 2 aromatic rings. The van der Waals surface area contributed by atoms with Crippen molar-refractivity contribution in [3.8, 4) is 0 Å². The van der Waals surface area contributed by atoms with Crippen molar-refractivity contribution >= 4 is 39.9 Å². The number of hydrogen-bond acceptors (Lipinski definition) is 6. The van der Waals surface area contributed by atoms with E-state index < -0.39 is 0 Å². The molecule has 0 bridgehead atoms. The number of rotatable bonds is 7. The summed E-state index contributed by atoms with van der Waals surface area (Å²) in [5.41, 5.74) is 1.40. The third-order valence-corrected chi connectivity index (χ3v) is 5.19. The van der Waals surface area contributed by atoms with E-state index in [0.29, 0.717) is 11.3 Å². The van der Waals surface area contributed by atoms with Gasteiger partial charge < -0.3 is 15.7 Å². The van der Waals surface area contributed by atoms with Gasteiger partial charge in [-0.15, -0.1) is 0 Å². The Balaban J connectivity index is 1.95. The fourth-order valence-electron chi connectivity index (χ4n) is 3.29. The summed E-state index contributed by atoms with van der Waals surface area (Å²) in [6, 6.07) is 2.11. The van der Waals surface area contributed by atoms with E-state index in [1.807, 2.05) is 6.07 Å². The van der Waals surface area contributed by atoms with Crippen molar-refractivity contribution in [3.05, 3.63) is 41.3 Å². The van der Waals surface area contributed by atoms with Crippen molar-refractivity contribution in [1.82, 2.24) is 14.6 Å². The zero-order valence-electron chi connectivity index (χ0n) is 14.5. The Bertz CT molecular complexity index is 830. The maximum absolute atomic E-state index is 9.66. The maximum atomic E-state index is 9.66. The monoisotopic (exact) mass is 418 g/mol. The lowest BCUT2D eigenvalue weighted by Gasteiger charge is -2.31. The van der Waals surface area contributed by atoms with E-state index in [9.17, 15) is 5.11 Å². The lowest BCUT2D eigenvalue weighted by Crippen LogP contribution is -2.34. The SMILES string of the molecule is C=C/C(=C\N=C)Nc1cc(NC2CCCCC2CO)nc2c(Br)cnn12. The predicted octanol–water partition coefficient (Wildman–Crippen LogP) is 3.59. The van der Waals surface area contributed by atoms with Crippen molar-refractivity contribution in [2.75, 3.05) is 17.2 Å². The van der Waals surface area contributed by atoms with Gasteiger partial charge in [-0.1, -0.05) is 19.4 Å². The van der Waals surface area contributed by atoms with E-state index in [-0.39, 0.29) is 18.6 Å². The maximum Gasteiger partial charge on any atom is 0.173 e. The first-order valence-electron chi connectivity index (χ1n) is 8.63. The Morgan fingerprint density at radius 1 is 1.46 bits per heavy atom. The summed E-state index contributed by atoms with van der Waals surface area (Å²) in [5.74, 6) is 1.72. The molecule has 0 saturated heterocycles. The molecule has 0 aliphatic heterocycles. The second-order valence-corrected chi connectivity index (χ2v) is 7.18. The molecule has 2 unspecified atom stereocenters. The number of anilines is 2. The first kappa shape index (κ1) is 18.6. The van der Waals surface area contributed by atoms with Crippen LogP contribution in [0, 0.1) is 5.92 Å². The highest BCUT2D eigenvalue weighted by atomic mass is 79.9. The lowest BCUT2D eigenvalue weighted by molar-refractivity contribution is 0.178. The molecule has 3 N–H and O–H groups in total. The Morgan fingerprint density at radius 3 is 3.00 bits per heavy atom. The normalized spacial score (nSPS) is 20.8. The Kier molecular flexibility index (Phi) is 6.05. The number of allylic oxidation sites excluding steroid dienone is 1. The molecule has 1 fully saturated rings. The van der Waals surface area contributed by atoms with Crippen LogP contribution in [0.4, 0.5) is 11.6 Å². The number of aliphatic hydroxyl groups is 1. The van der Waals surface area contributed by atoms with E-state index in [0.717, 1.165) is 35.4 Å². The van der Waals surface area contributed by atoms with Crippen LogP contribution in [-0.2, 0) is 0 Å². The third kappa shape index (κ3) is 3.96. The summed E-state index contributed by atoms with van der Waals surface area (Å²) in [7, 11) is 0. The van der Waals surface area contributed by atoms with Crippen LogP contribution >= 0.6 is 15.9 Å². The largest absolute Gasteiger partial charge is 0.396 e. The molecule has 0 radical (unpaired) electrons. The summed E-state index contributed by atoms with van der Waals surface area (Å²) >= 11 is 3.50. The fourth-order valence-corrected chi connectivity index (χ4v) is 3.64. The molecule has 0 spiro atoms. The number of nitrogens with one attached hydrogen (secondary N) is 2. The molecule has 8 heteroatoms. The first-order chi connectivity index (χ1) is 12.7. The molecular weight excluding hydrogens is 396 g/mol. The summed E-state index contributed by atoms with van der Waals surface area (Å²) in [6.45, 7) is 7.45. The predicted molar refractivity (Wildman–Crippen MR) is 109 cm³/mol. The van der Waals surface area contributed by atoms with Crippen molar-refractivity contribution in [2.24, 2.45) is 10.9 Å². The van der Waals surface area contributed by atoms with Gasteiger partial charge in [-0.05, 0) is 41.6 Å². The Hall–Kier alpha value is -2.19. The Labute approximate surface area is 161 Å². The summed E-state index contributed by atoms with van der Waals surface area (Å²) in [6.07, 6.45) is 9.34. The van der Waals surface area contributed by atoms with Gasteiger partial charge in [0.15, 0.2) is 5.65 Å². The number of aliphatic imine (C=N–C) groups is 1. The second-order valence-electron chi connectivity index (χ2n) is 6.33. The third-order valence-electron chi connectivity index (χ3n) is 4.63. The van der Waals surface area contributed by atoms with E-state index in [1.54, 1.807) is 23.0 Å². The van der Waals surface area contributed by atoms with Gasteiger partial charge in [-0.2, -0.15) is 9.61 Å². The summed E-state index contributed by atoms with van der Waals surface area (Å²) in [5, 5.41) is 20.8. The van der Waals surface area contributed by atoms with Crippen LogP contribution in [0.2, 0.25) is 0 Å². The minimum Gasteiger partial charge on any atom is -0.396 e. The van der Waals surface area contributed by atoms with Gasteiger partial charge >= 0.3 is 0 Å². The quantitative estimate of drug-likeness (QED) is 0.472. The average Bonchev–Trinajstić information content (AvgIpc) is 3.03. The molecule has 2 aromatic heterocycles. The molecule has 0 aromatic carbocycles. The van der Waals surface area contributed by atoms with Gasteiger partial charge in [0.2, 0.25) is 0 Å². The average molecular weight is 419 g/mol. The van der Waals surface area contributed by atoms with Crippen LogP contribution in [0.3, 0.4) is 0 Å². The highest BCUT2D eigenvalue weighted by molar-refractivity contribution is 9.10. The second kappa shape index (κ2) is 8.46. The minimum atomic E-state index is 0.190. The number of halogens is 1. The van der Waals surface area contributed by atoms with Crippen molar-refractivity contribution in [3.63, 3.8) is 0 Å². The van der Waals surface area contributed by atoms with Crippen molar-refractivity contribution in [2.45, 2.75) is 31.7 Å². The van der Waals surface area contributed by atoms with Gasteiger partial charge in [-0.25, -0.2) is 4.98 Å². The molecule has 2 atom stereocenters. The highest BCUT2D eigenvalue weighted by Crippen LogP contribution is 2.29. The molecule has 138 valence electrons. The van der Waals surface area contributed by atoms with Gasteiger partial charge in [0.1, 0.15) is 11.6 Å². The fraction of sp³-hybridized carbons (Fsp3) is 0.389. The summed E-state index contributed by atoms with van der Waals surface area (Å²) in [4.78, 5) is 8.46. The molecule has 7 nitrogen and oxygen atoms in total. The van der Waals surface area contributed by atoms with E-state index in [4.69, 9.17) is 0 Å². The van der Waals surface area contributed by atoms with E-state index in [2.05, 4.69) is 54.9 Å². The molecule has 26 heavy (non-hydrogen) atoms. The highest BCUT2D eigenvalue weighted by Gasteiger charge is 2.25. The molecule has 1 aliphatic carbocycles. The minimum absolute atomic E-state index is 0.190. The van der Waals surface area contributed by atoms with Gasteiger partial charge in [0.25, 0.3) is 0 Å². The Morgan fingerprint density at radius 2 is 2.27 bits per heavy atom. The van der Waals surface area contributed by atoms with Crippen LogP contribution < -0.4 is 10.6 Å². The molecule has 1 saturated carbocycles. The topological polar surface area (TPSA) is 86.8 Å². The molecule has 0 amide bonds. The number of nitrogens with zero attached hydrogens (tertiary/aromatic N) is 4. The van der Waals surface area contributed by atoms with Gasteiger partial charge in [0.05, 0.1) is 16.4 Å². The van der Waals surface area contributed by atoms with Crippen molar-refractivity contribution < 1.29 is 5.11 Å².